The number of benzene rings is 3. The zero-order chi connectivity index (χ0) is 29.0. The number of ether oxygens (including phenoxy) is 2. The van der Waals surface area contributed by atoms with Gasteiger partial charge < -0.3 is 25.4 Å². The lowest BCUT2D eigenvalue weighted by molar-refractivity contribution is -0.114. The maximum atomic E-state index is 16.6. The van der Waals surface area contributed by atoms with Crippen molar-refractivity contribution in [3.8, 4) is 29.0 Å². The van der Waals surface area contributed by atoms with E-state index in [2.05, 4.69) is 15.3 Å². The number of thiophene rings is 1. The summed E-state index contributed by atoms with van der Waals surface area (Å²) in [5.74, 6) is -1.28. The minimum Gasteiger partial charge on any atom is -0.489 e. The second-order valence-electron chi connectivity index (χ2n) is 9.07. The molecule has 0 saturated heterocycles. The Labute approximate surface area is 240 Å². The Morgan fingerprint density at radius 3 is 2.80 bits per heavy atom. The van der Waals surface area contributed by atoms with Crippen molar-refractivity contribution in [2.24, 2.45) is 0 Å². The predicted molar refractivity (Wildman–Crippen MR) is 154 cm³/mol. The molecule has 13 heteroatoms. The number of nitrogens with two attached hydrogens (primary N) is 1. The van der Waals surface area contributed by atoms with Crippen molar-refractivity contribution in [3.63, 3.8) is 0 Å². The van der Waals surface area contributed by atoms with Crippen molar-refractivity contribution >= 4 is 72.0 Å². The van der Waals surface area contributed by atoms with Gasteiger partial charge in [-0.15, -0.1) is 11.3 Å². The largest absolute Gasteiger partial charge is 0.489 e. The second-order valence-corrected chi connectivity index (χ2v) is 10.5. The lowest BCUT2D eigenvalue weighted by atomic mass is 9.96. The second kappa shape index (κ2) is 10.0. The molecule has 0 unspecified atom stereocenters. The third-order valence-corrected chi connectivity index (χ3v) is 8.01. The Hall–Kier alpha value is -4.73. The van der Waals surface area contributed by atoms with Gasteiger partial charge in [0, 0.05) is 29.2 Å². The number of amides is 1. The summed E-state index contributed by atoms with van der Waals surface area (Å²) in [5.41, 5.74) is 7.12. The highest BCUT2D eigenvalue weighted by molar-refractivity contribution is 7.23. The summed E-state index contributed by atoms with van der Waals surface area (Å²) in [7, 11) is 1.36. The van der Waals surface area contributed by atoms with E-state index in [1.54, 1.807) is 23.1 Å². The molecule has 0 radical (unpaired) electrons. The van der Waals surface area contributed by atoms with Crippen LogP contribution in [0.25, 0.3) is 32.1 Å². The molecule has 5 aromatic rings. The van der Waals surface area contributed by atoms with Crippen LogP contribution in [-0.2, 0) is 4.79 Å². The van der Waals surface area contributed by atoms with Crippen LogP contribution >= 0.6 is 22.9 Å². The van der Waals surface area contributed by atoms with Gasteiger partial charge in [-0.25, -0.2) is 8.78 Å². The molecule has 1 aliphatic heterocycles. The molecule has 6 rings (SSSR count). The smallest absolute Gasteiger partial charge is 0.318 e. The number of nitrogen functional groups attached to an aromatic ring is 1. The number of nitrogens with zero attached hydrogens (tertiary/aromatic N) is 4. The number of halogens is 3. The van der Waals surface area contributed by atoms with E-state index in [9.17, 15) is 14.4 Å². The fourth-order valence-electron chi connectivity index (χ4n) is 4.95. The van der Waals surface area contributed by atoms with Gasteiger partial charge in [-0.1, -0.05) is 23.7 Å². The fraction of sp³-hybridized carbons (Fsp3) is 0.143. The summed E-state index contributed by atoms with van der Waals surface area (Å²) >= 11 is 7.77. The van der Waals surface area contributed by atoms with Gasteiger partial charge >= 0.3 is 6.01 Å². The van der Waals surface area contributed by atoms with Crippen molar-refractivity contribution < 1.29 is 23.0 Å². The first kappa shape index (κ1) is 26.5. The summed E-state index contributed by atoms with van der Waals surface area (Å²) in [6, 6.07) is 11.5. The maximum Gasteiger partial charge on any atom is 0.318 e. The van der Waals surface area contributed by atoms with E-state index in [-0.39, 0.29) is 84.3 Å². The number of anilines is 4. The molecule has 0 bridgehead atoms. The van der Waals surface area contributed by atoms with Crippen LogP contribution in [0.3, 0.4) is 0 Å². The molecule has 0 aliphatic carbocycles. The Balaban J connectivity index is 1.67. The average molecular weight is 593 g/mol. The number of nitrogens with one attached hydrogen (secondary N) is 1. The van der Waals surface area contributed by atoms with Gasteiger partial charge in [-0.05, 0) is 29.8 Å². The molecule has 1 amide bonds. The van der Waals surface area contributed by atoms with Gasteiger partial charge in [0.05, 0.1) is 34.3 Å². The number of carbonyl (C=O) groups excluding carboxylic acids is 1. The van der Waals surface area contributed by atoms with E-state index in [4.69, 9.17) is 26.8 Å². The quantitative estimate of drug-likeness (QED) is 0.246. The number of hydrogen-bond donors (Lipinski definition) is 2. The molecule has 3 heterocycles. The molecule has 0 atom stereocenters. The molecule has 2 aromatic heterocycles. The first-order valence-electron chi connectivity index (χ1n) is 12.2. The van der Waals surface area contributed by atoms with Crippen molar-refractivity contribution in [3.05, 3.63) is 58.6 Å². The molecule has 206 valence electrons. The van der Waals surface area contributed by atoms with Crippen LogP contribution in [0.5, 0.6) is 11.8 Å². The van der Waals surface area contributed by atoms with Crippen LogP contribution in [0.2, 0.25) is 5.02 Å². The minimum absolute atomic E-state index is 0.0213. The van der Waals surface area contributed by atoms with Crippen molar-refractivity contribution in [2.45, 2.75) is 6.92 Å². The first-order chi connectivity index (χ1) is 19.7. The van der Waals surface area contributed by atoms with Crippen LogP contribution in [0.1, 0.15) is 12.5 Å². The number of nitriles is 1. The Morgan fingerprint density at radius 2 is 2.07 bits per heavy atom. The molecule has 1 aliphatic rings. The summed E-state index contributed by atoms with van der Waals surface area (Å²) < 4.78 is 42.9. The Kier molecular flexibility index (Phi) is 6.48. The summed E-state index contributed by atoms with van der Waals surface area (Å²) in [6.45, 7) is 1.81. The number of aromatic nitrogens is 2. The summed E-state index contributed by atoms with van der Waals surface area (Å²) in [4.78, 5) is 22.3. The topological polar surface area (TPSA) is 126 Å². The normalized spacial score (nSPS) is 12.6. The lowest BCUT2D eigenvalue weighted by Crippen LogP contribution is -2.23. The standard InChI is InChI=1S/C28H19ClF2N6O3S/c1-12(38)34-13-4-3-5-14(10-13)37-8-9-40-24-20-23(35-28(39-2)36-27(20)37)22(31)19(21(24)29)15-6-7-17(30)25-18(15)16(11-32)26(33)41-25/h3-7,10H,8-9,33H2,1-2H3,(H,34,38). The van der Waals surface area contributed by atoms with Crippen molar-refractivity contribution in [2.75, 3.05) is 36.2 Å². The highest BCUT2D eigenvalue weighted by Gasteiger charge is 2.32. The SMILES string of the molecule is COc1nc2c3c(c(Cl)c(-c4ccc(F)c5sc(N)c(C#N)c45)c(F)c3n1)OCCN2c1cccc(NC(C)=O)c1. The number of carbonyl (C=O) groups is 1. The molecule has 0 fully saturated rings. The molecule has 0 spiro atoms. The number of hydrogen-bond acceptors (Lipinski definition) is 9. The van der Waals surface area contributed by atoms with E-state index in [0.717, 1.165) is 11.3 Å². The molecule has 3 aromatic carbocycles. The minimum atomic E-state index is -0.838. The van der Waals surface area contributed by atoms with Gasteiger partial charge in [-0.3, -0.25) is 4.79 Å². The summed E-state index contributed by atoms with van der Waals surface area (Å²) in [6.07, 6.45) is 0. The van der Waals surface area contributed by atoms with Crippen LogP contribution in [-0.4, -0.2) is 36.1 Å². The Morgan fingerprint density at radius 1 is 1.27 bits per heavy atom. The zero-order valence-corrected chi connectivity index (χ0v) is 23.1. The Bertz CT molecular complexity index is 1960. The van der Waals surface area contributed by atoms with Gasteiger partial charge in [0.25, 0.3) is 0 Å². The van der Waals surface area contributed by atoms with Gasteiger partial charge in [0.15, 0.2) is 17.4 Å². The van der Waals surface area contributed by atoms with Gasteiger partial charge in [0.2, 0.25) is 5.91 Å². The predicted octanol–water partition coefficient (Wildman–Crippen LogP) is 6.39. The van der Waals surface area contributed by atoms with Crippen LogP contribution in [0.15, 0.2) is 36.4 Å². The van der Waals surface area contributed by atoms with E-state index < -0.39 is 11.6 Å². The highest BCUT2D eigenvalue weighted by Crippen LogP contribution is 2.51. The fourth-order valence-corrected chi connectivity index (χ4v) is 6.24. The van der Waals surface area contributed by atoms with Crippen molar-refractivity contribution in [1.82, 2.24) is 9.97 Å². The molecule has 0 saturated carbocycles. The number of methoxy groups -OCH3 is 1. The number of fused-ring (bicyclic) bond motifs is 1. The van der Waals surface area contributed by atoms with E-state index in [1.807, 2.05) is 12.1 Å². The maximum absolute atomic E-state index is 16.6. The third-order valence-electron chi connectivity index (χ3n) is 6.62. The molecular formula is C28H19ClF2N6O3S. The van der Waals surface area contributed by atoms with Crippen molar-refractivity contribution in [1.29, 1.82) is 5.26 Å². The first-order valence-corrected chi connectivity index (χ1v) is 13.4. The number of rotatable bonds is 4. The molecular weight excluding hydrogens is 574 g/mol. The summed E-state index contributed by atoms with van der Waals surface area (Å²) in [5, 5.41) is 12.9. The third kappa shape index (κ3) is 4.21. The van der Waals surface area contributed by atoms with E-state index in [1.165, 1.54) is 26.2 Å². The van der Waals surface area contributed by atoms with Crippen LogP contribution < -0.4 is 25.4 Å². The average Bonchev–Trinajstić information content (AvgIpc) is 3.17. The molecule has 3 N–H and O–H groups in total. The van der Waals surface area contributed by atoms with E-state index in [0.29, 0.717) is 11.4 Å². The van der Waals surface area contributed by atoms with Gasteiger partial charge in [0.1, 0.15) is 29.0 Å². The van der Waals surface area contributed by atoms with Crippen LogP contribution in [0, 0.1) is 23.0 Å². The lowest BCUT2D eigenvalue weighted by Gasteiger charge is -2.23. The highest BCUT2D eigenvalue weighted by atomic mass is 35.5. The van der Waals surface area contributed by atoms with Gasteiger partial charge in [-0.2, -0.15) is 15.2 Å². The molecule has 41 heavy (non-hydrogen) atoms. The zero-order valence-electron chi connectivity index (χ0n) is 21.5. The molecule has 9 nitrogen and oxygen atoms in total. The van der Waals surface area contributed by atoms with E-state index >= 15 is 4.39 Å². The monoisotopic (exact) mass is 592 g/mol. The van der Waals surface area contributed by atoms with Crippen LogP contribution in [0.4, 0.5) is 31.0 Å².